The summed E-state index contributed by atoms with van der Waals surface area (Å²) in [5.74, 6) is -0.241. The van der Waals surface area contributed by atoms with E-state index in [0.29, 0.717) is 16.9 Å². The number of rotatable bonds is 4. The van der Waals surface area contributed by atoms with Crippen molar-refractivity contribution >= 4 is 33.9 Å². The van der Waals surface area contributed by atoms with Crippen molar-refractivity contribution in [3.8, 4) is 5.75 Å². The van der Waals surface area contributed by atoms with Gasteiger partial charge in [0.25, 0.3) is 5.91 Å². The molecule has 1 saturated heterocycles. The first kappa shape index (κ1) is 17.2. The second kappa shape index (κ2) is 7.06. The minimum Gasteiger partial charge on any atom is -0.496 e. The zero-order valence-electron chi connectivity index (χ0n) is 13.3. The van der Waals surface area contributed by atoms with Gasteiger partial charge in [-0.05, 0) is 42.0 Å². The lowest BCUT2D eigenvalue weighted by molar-refractivity contribution is -0.123. The Labute approximate surface area is 152 Å². The molecule has 128 valence electrons. The normalized spacial score (nSPS) is 15.6. The molecule has 0 aromatic heterocycles. The molecule has 1 heterocycles. The molecule has 5 nitrogen and oxygen atoms in total. The highest BCUT2D eigenvalue weighted by Crippen LogP contribution is 2.26. The molecule has 25 heavy (non-hydrogen) atoms. The summed E-state index contributed by atoms with van der Waals surface area (Å²) in [5.41, 5.74) is 1.47. The average Bonchev–Trinajstić information content (AvgIpc) is 2.84. The zero-order chi connectivity index (χ0) is 18.0. The standard InChI is InChI=1S/C18H14BrFN2O3/c1-25-16-7-4-13(19)8-12(16)9-15-17(23)22(18(24)21-15)10-11-2-5-14(20)6-3-11/h2-9H,10H2,1H3,(H,21,24)/b15-9+. The van der Waals surface area contributed by atoms with Crippen LogP contribution in [-0.2, 0) is 11.3 Å². The molecule has 0 bridgehead atoms. The number of ether oxygens (including phenoxy) is 1. The van der Waals surface area contributed by atoms with Crippen LogP contribution in [0.4, 0.5) is 9.18 Å². The van der Waals surface area contributed by atoms with Crippen LogP contribution in [-0.4, -0.2) is 23.9 Å². The van der Waals surface area contributed by atoms with Gasteiger partial charge in [-0.2, -0.15) is 0 Å². The second-order valence-electron chi connectivity index (χ2n) is 5.39. The number of hydrogen-bond acceptors (Lipinski definition) is 3. The van der Waals surface area contributed by atoms with Crippen LogP contribution in [0.2, 0.25) is 0 Å². The molecular weight excluding hydrogens is 391 g/mol. The molecule has 3 rings (SSSR count). The molecule has 1 N–H and O–H groups in total. The van der Waals surface area contributed by atoms with Crippen molar-refractivity contribution in [2.24, 2.45) is 0 Å². The summed E-state index contributed by atoms with van der Waals surface area (Å²) in [6.45, 7) is 0.0674. The van der Waals surface area contributed by atoms with Gasteiger partial charge in [-0.1, -0.05) is 28.1 Å². The highest BCUT2D eigenvalue weighted by Gasteiger charge is 2.33. The molecule has 1 fully saturated rings. The Bertz CT molecular complexity index is 865. The van der Waals surface area contributed by atoms with Crippen molar-refractivity contribution < 1.29 is 18.7 Å². The van der Waals surface area contributed by atoms with Gasteiger partial charge >= 0.3 is 6.03 Å². The number of carbonyl (C=O) groups excluding carboxylic acids is 2. The van der Waals surface area contributed by atoms with E-state index >= 15 is 0 Å². The van der Waals surface area contributed by atoms with Gasteiger partial charge in [-0.15, -0.1) is 0 Å². The number of imide groups is 1. The van der Waals surface area contributed by atoms with Gasteiger partial charge in [0.1, 0.15) is 17.3 Å². The van der Waals surface area contributed by atoms with Crippen LogP contribution in [0.3, 0.4) is 0 Å². The first-order valence-electron chi connectivity index (χ1n) is 7.40. The fraction of sp³-hybridized carbons (Fsp3) is 0.111. The van der Waals surface area contributed by atoms with Gasteiger partial charge in [0.2, 0.25) is 0 Å². The number of hydrogen-bond donors (Lipinski definition) is 1. The first-order chi connectivity index (χ1) is 12.0. The van der Waals surface area contributed by atoms with E-state index in [9.17, 15) is 14.0 Å². The van der Waals surface area contributed by atoms with Crippen molar-refractivity contribution in [1.82, 2.24) is 10.2 Å². The summed E-state index contributed by atoms with van der Waals surface area (Å²) in [7, 11) is 1.53. The fourth-order valence-corrected chi connectivity index (χ4v) is 2.84. The van der Waals surface area contributed by atoms with E-state index in [1.807, 2.05) is 6.07 Å². The molecule has 2 aromatic carbocycles. The number of methoxy groups -OCH3 is 1. The number of benzene rings is 2. The SMILES string of the molecule is COc1ccc(Br)cc1/C=C1/NC(=O)N(Cc2ccc(F)cc2)C1=O. The predicted molar refractivity (Wildman–Crippen MR) is 94.2 cm³/mol. The van der Waals surface area contributed by atoms with Crippen LogP contribution in [0.1, 0.15) is 11.1 Å². The van der Waals surface area contributed by atoms with E-state index in [0.717, 1.165) is 9.37 Å². The number of amides is 3. The maximum atomic E-state index is 13.0. The van der Waals surface area contributed by atoms with Crippen molar-refractivity contribution in [3.63, 3.8) is 0 Å². The topological polar surface area (TPSA) is 58.6 Å². The summed E-state index contributed by atoms with van der Waals surface area (Å²) >= 11 is 3.37. The van der Waals surface area contributed by atoms with Gasteiger partial charge in [-0.25, -0.2) is 9.18 Å². The monoisotopic (exact) mass is 404 g/mol. The zero-order valence-corrected chi connectivity index (χ0v) is 14.8. The molecular formula is C18H14BrFN2O3. The summed E-state index contributed by atoms with van der Waals surface area (Å²) in [6.07, 6.45) is 1.56. The van der Waals surface area contributed by atoms with E-state index in [1.165, 1.54) is 31.4 Å². The van der Waals surface area contributed by atoms with Crippen molar-refractivity contribution in [2.45, 2.75) is 6.54 Å². The highest BCUT2D eigenvalue weighted by atomic mass is 79.9. The lowest BCUT2D eigenvalue weighted by Crippen LogP contribution is -2.30. The van der Waals surface area contributed by atoms with Crippen molar-refractivity contribution in [3.05, 3.63) is 69.6 Å². The van der Waals surface area contributed by atoms with Gasteiger partial charge in [0.05, 0.1) is 13.7 Å². The largest absolute Gasteiger partial charge is 0.496 e. The summed E-state index contributed by atoms with van der Waals surface area (Å²) < 4.78 is 19.1. The molecule has 3 amide bonds. The van der Waals surface area contributed by atoms with E-state index in [2.05, 4.69) is 21.2 Å². The van der Waals surface area contributed by atoms with Gasteiger partial charge < -0.3 is 10.1 Å². The number of urea groups is 1. The first-order valence-corrected chi connectivity index (χ1v) is 8.20. The third kappa shape index (κ3) is 3.71. The van der Waals surface area contributed by atoms with Crippen LogP contribution < -0.4 is 10.1 Å². The van der Waals surface area contributed by atoms with Gasteiger partial charge in [-0.3, -0.25) is 9.69 Å². The predicted octanol–water partition coefficient (Wildman–Crippen LogP) is 3.69. The molecule has 1 aliphatic rings. The Morgan fingerprint density at radius 2 is 1.92 bits per heavy atom. The number of halogens is 2. The average molecular weight is 405 g/mol. The third-order valence-electron chi connectivity index (χ3n) is 3.71. The highest BCUT2D eigenvalue weighted by molar-refractivity contribution is 9.10. The molecule has 0 radical (unpaired) electrons. The lowest BCUT2D eigenvalue weighted by Gasteiger charge is -2.11. The molecule has 1 aliphatic heterocycles. The van der Waals surface area contributed by atoms with E-state index in [1.54, 1.807) is 18.2 Å². The van der Waals surface area contributed by atoms with Crippen molar-refractivity contribution in [1.29, 1.82) is 0 Å². The maximum absolute atomic E-state index is 13.0. The molecule has 2 aromatic rings. The third-order valence-corrected chi connectivity index (χ3v) is 4.20. The van der Waals surface area contributed by atoms with Gasteiger partial charge in [0.15, 0.2) is 0 Å². The number of nitrogens with one attached hydrogen (secondary N) is 1. The van der Waals surface area contributed by atoms with Gasteiger partial charge in [0, 0.05) is 10.0 Å². The Morgan fingerprint density at radius 3 is 2.60 bits per heavy atom. The van der Waals surface area contributed by atoms with Crippen LogP contribution in [0.15, 0.2) is 52.6 Å². The Morgan fingerprint density at radius 1 is 1.20 bits per heavy atom. The molecule has 0 saturated carbocycles. The van der Waals surface area contributed by atoms with E-state index < -0.39 is 11.9 Å². The van der Waals surface area contributed by atoms with Crippen LogP contribution in [0, 0.1) is 5.82 Å². The van der Waals surface area contributed by atoms with E-state index in [4.69, 9.17) is 4.74 Å². The molecule has 0 unspecified atom stereocenters. The summed E-state index contributed by atoms with van der Waals surface area (Å²) in [6, 6.07) is 10.5. The van der Waals surface area contributed by atoms with E-state index in [-0.39, 0.29) is 18.1 Å². The molecule has 0 aliphatic carbocycles. The maximum Gasteiger partial charge on any atom is 0.329 e. The Balaban J connectivity index is 1.86. The number of nitrogens with zero attached hydrogens (tertiary/aromatic N) is 1. The van der Waals surface area contributed by atoms with Crippen LogP contribution in [0.25, 0.3) is 6.08 Å². The molecule has 0 atom stereocenters. The van der Waals surface area contributed by atoms with Crippen molar-refractivity contribution in [2.75, 3.05) is 7.11 Å². The Hall–Kier alpha value is -2.67. The Kier molecular flexibility index (Phi) is 4.85. The van der Waals surface area contributed by atoms with Crippen LogP contribution in [0.5, 0.6) is 5.75 Å². The summed E-state index contributed by atoms with van der Waals surface area (Å²) in [5, 5.41) is 2.56. The molecule has 0 spiro atoms. The minimum atomic E-state index is -0.519. The lowest BCUT2D eigenvalue weighted by atomic mass is 10.1. The quantitative estimate of drug-likeness (QED) is 0.624. The summed E-state index contributed by atoms with van der Waals surface area (Å²) in [4.78, 5) is 25.7. The fourth-order valence-electron chi connectivity index (χ4n) is 2.46. The van der Waals surface area contributed by atoms with Crippen LogP contribution >= 0.6 is 15.9 Å². The molecule has 7 heteroatoms. The smallest absolute Gasteiger partial charge is 0.329 e. The minimum absolute atomic E-state index is 0.0674. The second-order valence-corrected chi connectivity index (χ2v) is 6.31. The number of carbonyl (C=O) groups is 2.